The summed E-state index contributed by atoms with van der Waals surface area (Å²) in [6.45, 7) is 9.65. The molecule has 0 unspecified atom stereocenters. The van der Waals surface area contributed by atoms with E-state index in [2.05, 4.69) is 172 Å². The normalized spacial score (nSPS) is 14.8. The molecule has 0 bridgehead atoms. The molecule has 0 spiro atoms. The number of para-hydroxylation sites is 1. The average Bonchev–Trinajstić information content (AvgIpc) is 3.58. The Bertz CT molecular complexity index is 3240. The van der Waals surface area contributed by atoms with Crippen LogP contribution in [-0.2, 0) is 10.8 Å². The summed E-state index contributed by atoms with van der Waals surface area (Å²) in [5.41, 5.74) is 9.70. The van der Waals surface area contributed by atoms with E-state index in [4.69, 9.17) is 15.0 Å². The van der Waals surface area contributed by atoms with Crippen molar-refractivity contribution in [2.24, 2.45) is 0 Å². The van der Waals surface area contributed by atoms with E-state index in [1.54, 1.807) is 0 Å². The van der Waals surface area contributed by atoms with Crippen LogP contribution < -0.4 is 0 Å². The Hall–Kier alpha value is -6.65. The molecule has 2 aromatic heterocycles. The summed E-state index contributed by atoms with van der Waals surface area (Å²) < 4.78 is 2.46. The molecule has 1 aliphatic rings. The fourth-order valence-electron chi connectivity index (χ4n) is 9.32. The summed E-state index contributed by atoms with van der Waals surface area (Å²) in [6.07, 6.45) is 2.37. The van der Waals surface area contributed by atoms with Gasteiger partial charge in [0.2, 0.25) is 0 Å². The van der Waals surface area contributed by atoms with E-state index in [0.29, 0.717) is 17.5 Å². The van der Waals surface area contributed by atoms with Crippen LogP contribution in [-0.4, -0.2) is 19.5 Å². The average molecular weight is 735 g/mol. The number of benzene rings is 8. The zero-order valence-corrected chi connectivity index (χ0v) is 32.7. The Morgan fingerprint density at radius 1 is 0.386 bits per heavy atom. The van der Waals surface area contributed by atoms with Crippen molar-refractivity contribution in [2.75, 3.05) is 0 Å². The van der Waals surface area contributed by atoms with Gasteiger partial charge in [0, 0.05) is 33.2 Å². The second kappa shape index (κ2) is 12.4. The summed E-state index contributed by atoms with van der Waals surface area (Å²) in [5.74, 6) is 1.96. The minimum Gasteiger partial charge on any atom is -0.309 e. The van der Waals surface area contributed by atoms with Gasteiger partial charge in [0.1, 0.15) is 0 Å². The van der Waals surface area contributed by atoms with Crippen LogP contribution in [0.1, 0.15) is 51.7 Å². The van der Waals surface area contributed by atoms with Gasteiger partial charge in [-0.05, 0) is 110 Å². The zero-order valence-electron chi connectivity index (χ0n) is 32.7. The molecule has 2 heterocycles. The maximum Gasteiger partial charge on any atom is 0.164 e. The largest absolute Gasteiger partial charge is 0.309 e. The van der Waals surface area contributed by atoms with Crippen LogP contribution >= 0.6 is 0 Å². The third-order valence-electron chi connectivity index (χ3n) is 12.7. The molecule has 0 aliphatic heterocycles. The van der Waals surface area contributed by atoms with Crippen LogP contribution in [0.25, 0.3) is 94.0 Å². The standard InChI is InChI=1S/C53H42N4/c1-52(2)26-27-53(3,4)46-32-48-44(31-45(46)52)43-16-10-11-17-47(43)57(48)40-24-22-33-18-21-37(29-39(33)30-40)50-54-49(35-13-6-5-7-14-35)55-51(56-50)38-23-25-42-36(28-38)20-19-34-12-8-9-15-41(34)42/h5-25,28-32H,26-27H2,1-4H3. The van der Waals surface area contributed by atoms with Gasteiger partial charge in [0.15, 0.2) is 17.5 Å². The SMILES string of the molecule is CC1(C)CCC(C)(C)c2cc3c(cc21)c1ccccc1n3-c1ccc2ccc(-c3nc(-c4ccccc4)nc(-c4ccc5c(ccc6ccccc65)c4)n3)cc2c1. The summed E-state index contributed by atoms with van der Waals surface area (Å²) >= 11 is 0. The van der Waals surface area contributed by atoms with Gasteiger partial charge >= 0.3 is 0 Å². The van der Waals surface area contributed by atoms with Gasteiger partial charge in [-0.15, -0.1) is 0 Å². The predicted molar refractivity (Wildman–Crippen MR) is 238 cm³/mol. The number of aromatic nitrogens is 4. The fourth-order valence-corrected chi connectivity index (χ4v) is 9.32. The lowest BCUT2D eigenvalue weighted by Gasteiger charge is -2.42. The highest BCUT2D eigenvalue weighted by Gasteiger charge is 2.38. The first-order valence-electron chi connectivity index (χ1n) is 20.1. The maximum atomic E-state index is 5.17. The van der Waals surface area contributed by atoms with Crippen molar-refractivity contribution in [3.8, 4) is 39.9 Å². The van der Waals surface area contributed by atoms with Crippen LogP contribution in [0.2, 0.25) is 0 Å². The lowest BCUT2D eigenvalue weighted by atomic mass is 9.63. The van der Waals surface area contributed by atoms with Crippen LogP contribution in [0.4, 0.5) is 0 Å². The van der Waals surface area contributed by atoms with Crippen molar-refractivity contribution in [3.63, 3.8) is 0 Å². The van der Waals surface area contributed by atoms with Gasteiger partial charge in [-0.3, -0.25) is 0 Å². The van der Waals surface area contributed by atoms with E-state index < -0.39 is 0 Å². The van der Waals surface area contributed by atoms with Gasteiger partial charge in [-0.2, -0.15) is 0 Å². The smallest absolute Gasteiger partial charge is 0.164 e. The molecular formula is C53H42N4. The van der Waals surface area contributed by atoms with Gasteiger partial charge in [0.25, 0.3) is 0 Å². The molecule has 57 heavy (non-hydrogen) atoms. The molecule has 0 saturated heterocycles. The van der Waals surface area contributed by atoms with Crippen molar-refractivity contribution >= 4 is 54.1 Å². The summed E-state index contributed by atoms with van der Waals surface area (Å²) in [6, 6.07) is 56.9. The molecule has 0 N–H and O–H groups in total. The zero-order chi connectivity index (χ0) is 38.5. The Labute approximate surface area is 332 Å². The topological polar surface area (TPSA) is 43.6 Å². The van der Waals surface area contributed by atoms with Gasteiger partial charge < -0.3 is 4.57 Å². The van der Waals surface area contributed by atoms with Crippen LogP contribution in [0, 0.1) is 0 Å². The lowest BCUT2D eigenvalue weighted by molar-refractivity contribution is 0.332. The number of hydrogen-bond acceptors (Lipinski definition) is 3. The van der Waals surface area contributed by atoms with Crippen molar-refractivity contribution < 1.29 is 0 Å². The molecule has 4 nitrogen and oxygen atoms in total. The van der Waals surface area contributed by atoms with Gasteiger partial charge in [0.05, 0.1) is 11.0 Å². The van der Waals surface area contributed by atoms with Crippen LogP contribution in [0.3, 0.4) is 0 Å². The first-order chi connectivity index (χ1) is 27.7. The minimum atomic E-state index is 0.113. The molecule has 0 fully saturated rings. The Kier molecular flexibility index (Phi) is 7.34. The maximum absolute atomic E-state index is 5.17. The first kappa shape index (κ1) is 33.7. The van der Waals surface area contributed by atoms with E-state index in [-0.39, 0.29) is 10.8 Å². The van der Waals surface area contributed by atoms with Gasteiger partial charge in [-0.1, -0.05) is 143 Å². The van der Waals surface area contributed by atoms with Crippen molar-refractivity contribution in [3.05, 3.63) is 169 Å². The van der Waals surface area contributed by atoms with Crippen molar-refractivity contribution in [1.82, 2.24) is 19.5 Å². The number of rotatable bonds is 4. The molecule has 0 atom stereocenters. The fraction of sp³-hybridized carbons (Fsp3) is 0.151. The lowest BCUT2D eigenvalue weighted by Crippen LogP contribution is -2.33. The molecule has 11 rings (SSSR count). The molecule has 0 amide bonds. The number of hydrogen-bond donors (Lipinski definition) is 0. The second-order valence-corrected chi connectivity index (χ2v) is 17.2. The predicted octanol–water partition coefficient (Wildman–Crippen LogP) is 13.8. The molecule has 10 aromatic rings. The molecule has 0 saturated carbocycles. The van der Waals surface area contributed by atoms with E-state index in [0.717, 1.165) is 33.2 Å². The Morgan fingerprint density at radius 2 is 0.947 bits per heavy atom. The monoisotopic (exact) mass is 734 g/mol. The Morgan fingerprint density at radius 3 is 1.72 bits per heavy atom. The van der Waals surface area contributed by atoms with E-state index in [1.807, 2.05) is 18.2 Å². The molecule has 0 radical (unpaired) electrons. The van der Waals surface area contributed by atoms with Crippen molar-refractivity contribution in [1.29, 1.82) is 0 Å². The van der Waals surface area contributed by atoms with Crippen molar-refractivity contribution in [2.45, 2.75) is 51.4 Å². The summed E-state index contributed by atoms with van der Waals surface area (Å²) in [4.78, 5) is 15.3. The second-order valence-electron chi connectivity index (χ2n) is 17.2. The highest BCUT2D eigenvalue weighted by molar-refractivity contribution is 6.10. The molecule has 4 heteroatoms. The quantitative estimate of drug-likeness (QED) is 0.169. The summed E-state index contributed by atoms with van der Waals surface area (Å²) in [7, 11) is 0. The minimum absolute atomic E-state index is 0.113. The molecule has 8 aromatic carbocycles. The van der Waals surface area contributed by atoms with E-state index in [9.17, 15) is 0 Å². The van der Waals surface area contributed by atoms with Gasteiger partial charge in [-0.25, -0.2) is 15.0 Å². The third kappa shape index (κ3) is 5.46. The number of fused-ring (bicyclic) bond motifs is 8. The highest BCUT2D eigenvalue weighted by Crippen LogP contribution is 2.48. The van der Waals surface area contributed by atoms with E-state index in [1.165, 1.54) is 67.3 Å². The third-order valence-corrected chi connectivity index (χ3v) is 12.7. The molecule has 274 valence electrons. The first-order valence-corrected chi connectivity index (χ1v) is 20.1. The van der Waals surface area contributed by atoms with E-state index >= 15 is 0 Å². The van der Waals surface area contributed by atoms with Crippen LogP contribution in [0.5, 0.6) is 0 Å². The Balaban J connectivity index is 1.07. The molecular weight excluding hydrogens is 693 g/mol. The molecule has 1 aliphatic carbocycles. The number of nitrogens with zero attached hydrogens (tertiary/aromatic N) is 4. The summed E-state index contributed by atoms with van der Waals surface area (Å²) in [5, 5.41) is 9.76. The van der Waals surface area contributed by atoms with Crippen LogP contribution in [0.15, 0.2) is 158 Å². The highest BCUT2D eigenvalue weighted by atomic mass is 15.0.